The van der Waals surface area contributed by atoms with Crippen molar-refractivity contribution in [1.82, 2.24) is 19.9 Å². The summed E-state index contributed by atoms with van der Waals surface area (Å²) in [5.41, 5.74) is 60.9. The van der Waals surface area contributed by atoms with Crippen LogP contribution in [-0.2, 0) is 36.7 Å². The second-order valence-corrected chi connectivity index (χ2v) is 25.7. The van der Waals surface area contributed by atoms with Crippen LogP contribution in [0.1, 0.15) is 107 Å². The average Bonchev–Trinajstić information content (AvgIpc) is 1.63. The zero-order valence-corrected chi connectivity index (χ0v) is 60.6. The Morgan fingerprint density at radius 3 is 1.20 bits per heavy atom. The Bertz CT molecular complexity index is 5520. The number of hydrogen-bond donors (Lipinski definition) is 23. The second kappa shape index (κ2) is 35.7. The van der Waals surface area contributed by atoms with E-state index in [-0.39, 0.29) is 78.1 Å². The van der Waals surface area contributed by atoms with Crippen LogP contribution in [0, 0.1) is 43.3 Å². The molecule has 0 saturated carbocycles. The molecule has 0 fully saturated rings. The maximum Gasteiger partial charge on any atom is 0.310 e. The molecule has 29 nitrogen and oxygen atoms in total. The molecule has 0 amide bonds. The van der Waals surface area contributed by atoms with Crippen molar-refractivity contribution in [3.05, 3.63) is 231 Å². The number of hydrogen-bond acceptors (Lipinski definition) is 16. The molecule has 2 atom stereocenters. The number of rotatable bonds is 27. The molecule has 110 heavy (non-hydrogen) atoms. The van der Waals surface area contributed by atoms with Gasteiger partial charge in [-0.05, 0) is 95.6 Å². The number of carbonyl (C=O) groups is 3. The van der Waals surface area contributed by atoms with Gasteiger partial charge in [-0.2, -0.15) is 0 Å². The molecule has 0 bridgehead atoms. The summed E-state index contributed by atoms with van der Waals surface area (Å²) in [4.78, 5) is 49.5. The maximum absolute atomic E-state index is 12.4. The zero-order valence-electron chi connectivity index (χ0n) is 60.6. The van der Waals surface area contributed by atoms with Crippen LogP contribution in [0.2, 0.25) is 0 Å². The number of aliphatic hydroxyl groups excluding tert-OH is 2. The number of nitrogens with two attached hydrogens (primary N) is 8. The minimum absolute atomic E-state index is 0.000905. The van der Waals surface area contributed by atoms with Gasteiger partial charge >= 0.3 is 17.9 Å². The van der Waals surface area contributed by atoms with Gasteiger partial charge < -0.3 is 95.3 Å². The third-order valence-electron chi connectivity index (χ3n) is 17.9. The number of carboxylic acid groups (broad SMARTS) is 1. The molecule has 4 aromatic heterocycles. The van der Waals surface area contributed by atoms with E-state index in [9.17, 15) is 24.6 Å². The lowest BCUT2D eigenvalue weighted by molar-refractivity contribution is -0.143. The van der Waals surface area contributed by atoms with Gasteiger partial charge in [0.05, 0.1) is 61.4 Å². The van der Waals surface area contributed by atoms with E-state index in [4.69, 9.17) is 108 Å². The summed E-state index contributed by atoms with van der Waals surface area (Å²) >= 11 is 0. The number of benzene rings is 8. The van der Waals surface area contributed by atoms with Crippen molar-refractivity contribution >= 4 is 108 Å². The highest BCUT2D eigenvalue weighted by Crippen LogP contribution is 2.39. The third kappa shape index (κ3) is 19.3. The monoisotopic (exact) mass is 1480 g/mol. The van der Waals surface area contributed by atoms with E-state index < -0.39 is 24.6 Å². The molecule has 0 aliphatic carbocycles. The number of aromatic amines is 4. The lowest BCUT2D eigenvalue weighted by Crippen LogP contribution is -2.21. The van der Waals surface area contributed by atoms with Crippen molar-refractivity contribution in [3.8, 4) is 50.8 Å². The lowest BCUT2D eigenvalue weighted by Gasteiger charge is -2.14. The summed E-state index contributed by atoms with van der Waals surface area (Å²) in [5.74, 6) is -2.04. The van der Waals surface area contributed by atoms with Gasteiger partial charge in [0.25, 0.3) is 0 Å². The predicted octanol–water partition coefficient (Wildman–Crippen LogP) is 9.91. The van der Waals surface area contributed by atoms with Gasteiger partial charge in [0.15, 0.2) is 0 Å². The van der Waals surface area contributed by atoms with Gasteiger partial charge in [0.2, 0.25) is 0 Å². The summed E-state index contributed by atoms with van der Waals surface area (Å²) in [5, 5.41) is 92.2. The molecular formula is C81H88N20O9. The molecule has 8 aromatic carbocycles. The number of esters is 2. The fourth-order valence-corrected chi connectivity index (χ4v) is 12.0. The molecule has 0 saturated heterocycles. The number of amidine groups is 8. The fraction of sp³-hybridized carbons (Fsp3) is 0.173. The summed E-state index contributed by atoms with van der Waals surface area (Å²) in [6, 6.07) is 50.1. The number of aromatic nitrogens is 4. The van der Waals surface area contributed by atoms with E-state index in [1.54, 1.807) is 128 Å². The molecular weight excluding hydrogens is 1400 g/mol. The number of aliphatic hydroxyl groups is 2. The van der Waals surface area contributed by atoms with Crippen LogP contribution in [0.5, 0.6) is 5.75 Å². The quantitative estimate of drug-likeness (QED) is 0.00985. The highest BCUT2D eigenvalue weighted by atomic mass is 16.5. The SMILES string of the molecule is CC(C(=O)O)c1c(-c2ccc(C(=N)N)cc2)[nH]c2cc(C(=N)N)ccc12.CCCCOC(=O)Cc1c(-c2ccc(C(=N)N)cc2)[nH]c2cc(C(=N)N)ccc12.CCCOC(=O)Cc1c(-c2ccc(C(=N)N)cc2)[nH]c2cc(C(=N)N)ccc12.N=C(N)c1ccc(-c2cc3ccc(C(=N)N)cc3[nH]2)c(OCC(O)CO)c1. The first kappa shape index (κ1) is 79.9. The number of carbonyl (C=O) groups excluding carboxylic acids is 2. The van der Waals surface area contributed by atoms with Crippen LogP contribution in [0.25, 0.3) is 88.6 Å². The van der Waals surface area contributed by atoms with Crippen LogP contribution in [0.3, 0.4) is 0 Å². The van der Waals surface area contributed by atoms with Gasteiger partial charge in [0, 0.05) is 93.7 Å². The molecule has 0 aliphatic rings. The Labute approximate surface area is 631 Å². The summed E-state index contributed by atoms with van der Waals surface area (Å²) in [7, 11) is 0. The number of nitrogen functional groups attached to an aromatic ring is 8. The topological polar surface area (TPSA) is 602 Å². The Hall–Kier alpha value is -14.2. The zero-order chi connectivity index (χ0) is 79.8. The molecule has 29 heteroatoms. The molecule has 2 unspecified atom stereocenters. The maximum atomic E-state index is 12.4. The Morgan fingerprint density at radius 1 is 0.427 bits per heavy atom. The van der Waals surface area contributed by atoms with Crippen molar-refractivity contribution in [3.63, 3.8) is 0 Å². The number of aliphatic carboxylic acids is 1. The Kier molecular flexibility index (Phi) is 26.0. The highest BCUT2D eigenvalue weighted by molar-refractivity contribution is 6.06. The van der Waals surface area contributed by atoms with Gasteiger partial charge in [0.1, 0.15) is 65.1 Å². The van der Waals surface area contributed by atoms with E-state index in [0.717, 1.165) is 102 Å². The number of unbranched alkanes of at least 4 members (excludes halogenated alkanes) is 1. The Morgan fingerprint density at radius 2 is 0.791 bits per heavy atom. The molecule has 0 radical (unpaired) electrons. The highest BCUT2D eigenvalue weighted by Gasteiger charge is 2.26. The first-order valence-electron chi connectivity index (χ1n) is 34.7. The van der Waals surface area contributed by atoms with Crippen LogP contribution >= 0.6 is 0 Å². The minimum Gasteiger partial charge on any atom is -0.490 e. The van der Waals surface area contributed by atoms with Crippen LogP contribution in [0.4, 0.5) is 0 Å². The van der Waals surface area contributed by atoms with Gasteiger partial charge in [-0.15, -0.1) is 0 Å². The van der Waals surface area contributed by atoms with E-state index >= 15 is 0 Å². The first-order valence-corrected chi connectivity index (χ1v) is 34.7. The van der Waals surface area contributed by atoms with Crippen LogP contribution < -0.4 is 50.6 Å². The molecule has 12 aromatic rings. The number of ether oxygens (including phenoxy) is 3. The van der Waals surface area contributed by atoms with Gasteiger partial charge in [-0.3, -0.25) is 57.7 Å². The van der Waals surface area contributed by atoms with Crippen molar-refractivity contribution in [2.45, 2.75) is 64.9 Å². The van der Waals surface area contributed by atoms with E-state index in [1.807, 2.05) is 62.4 Å². The van der Waals surface area contributed by atoms with Gasteiger partial charge in [-0.1, -0.05) is 148 Å². The molecule has 31 N–H and O–H groups in total. The molecule has 0 aliphatic heterocycles. The van der Waals surface area contributed by atoms with E-state index in [1.165, 1.54) is 0 Å². The van der Waals surface area contributed by atoms with Crippen LogP contribution in [0.15, 0.2) is 170 Å². The summed E-state index contributed by atoms with van der Waals surface area (Å²) < 4.78 is 16.3. The number of carboxylic acids is 1. The fourth-order valence-electron chi connectivity index (χ4n) is 12.0. The molecule has 4 heterocycles. The van der Waals surface area contributed by atoms with Crippen molar-refractivity contribution in [2.24, 2.45) is 45.9 Å². The summed E-state index contributed by atoms with van der Waals surface area (Å²) in [6.07, 6.45) is 1.81. The number of nitrogens with one attached hydrogen (secondary N) is 12. The molecule has 566 valence electrons. The van der Waals surface area contributed by atoms with E-state index in [2.05, 4.69) is 19.9 Å². The first-order chi connectivity index (χ1) is 52.5. The smallest absolute Gasteiger partial charge is 0.310 e. The average molecular weight is 1490 g/mol. The van der Waals surface area contributed by atoms with Crippen LogP contribution in [-0.4, -0.2) is 132 Å². The molecule has 12 rings (SSSR count). The third-order valence-corrected chi connectivity index (χ3v) is 17.9. The van der Waals surface area contributed by atoms with E-state index in [0.29, 0.717) is 85.8 Å². The van der Waals surface area contributed by atoms with Crippen molar-refractivity contribution in [2.75, 3.05) is 26.4 Å². The van der Waals surface area contributed by atoms with Crippen molar-refractivity contribution < 1.29 is 43.9 Å². The van der Waals surface area contributed by atoms with Gasteiger partial charge in [-0.25, -0.2) is 0 Å². The number of fused-ring (bicyclic) bond motifs is 4. The number of H-pyrrole nitrogens is 4. The Balaban J connectivity index is 0.000000169. The second-order valence-electron chi connectivity index (χ2n) is 25.7. The normalized spacial score (nSPS) is 11.4. The lowest BCUT2D eigenvalue weighted by atomic mass is 9.94. The standard InChI is InChI=1S/C22H25N5O2.C21H23N5O2.C19H21N5O3.C19H19N5O2/c1-2-3-10-29-19(28)12-17-16-9-8-15(22(25)26)11-18(16)27-20(17)13-4-6-14(7-5-13)21(23)24;1-2-9-28-18(27)11-16-15-8-7-14(21(24)25)10-17(15)26-19(16)12-3-5-13(6-4-12)20(22)23;20-18(21)11-2-1-10-5-16(24-15(10)6-11)14-4-3-12(19(22)23)7-17(14)27-9-13(26)8-25;1-9(19(25)26)15-13-7-6-12(18(22)23)8-14(13)24-16(15)10-2-4-11(5-3-10)17(20)21/h4-9,11,27H,2-3,10,12H2,1H3,(H3,23,24)(H3,25,26);3-8,10,26H,2,9,11H2,1H3,(H3,22,23)(H3,24,25);1-7,13,24-26H,8-9H2,(H3,20,21)(H3,22,23);2-9,24H,1H3,(H3,20,21)(H3,22,23)(H,25,26). The predicted molar refractivity (Wildman–Crippen MR) is 432 cm³/mol. The largest absolute Gasteiger partial charge is 0.490 e. The molecule has 0 spiro atoms. The summed E-state index contributed by atoms with van der Waals surface area (Å²) in [6.45, 7) is 5.92. The van der Waals surface area contributed by atoms with Crippen molar-refractivity contribution in [1.29, 1.82) is 43.3 Å². The minimum atomic E-state index is -1.01.